The minimum atomic E-state index is -0.364. The fourth-order valence-corrected chi connectivity index (χ4v) is 2.30. The third kappa shape index (κ3) is 4.49. The largest absolute Gasteiger partial charge is 0.496 e. The lowest BCUT2D eigenvalue weighted by Gasteiger charge is -2.02. The molecule has 7 heteroatoms. The highest BCUT2D eigenvalue weighted by molar-refractivity contribution is 5.94. The van der Waals surface area contributed by atoms with Crippen LogP contribution in [-0.4, -0.2) is 29.4 Å². The SMILES string of the molecule is COc1ccccc1/C=N/NC(=O)c1cc(-c2ccc(C)cc2)n[nH]1.Cl. The van der Waals surface area contributed by atoms with E-state index in [0.717, 1.165) is 11.1 Å². The molecule has 2 aromatic carbocycles. The summed E-state index contributed by atoms with van der Waals surface area (Å²) in [5.74, 6) is 0.320. The molecule has 0 spiro atoms. The van der Waals surface area contributed by atoms with Crippen molar-refractivity contribution in [3.05, 3.63) is 71.4 Å². The van der Waals surface area contributed by atoms with Gasteiger partial charge in [-0.1, -0.05) is 42.0 Å². The molecule has 0 saturated carbocycles. The van der Waals surface area contributed by atoms with E-state index < -0.39 is 0 Å². The number of hydrazone groups is 1. The number of methoxy groups -OCH3 is 1. The number of amides is 1. The zero-order valence-electron chi connectivity index (χ0n) is 14.4. The van der Waals surface area contributed by atoms with Crippen molar-refractivity contribution in [1.29, 1.82) is 0 Å². The molecule has 0 unspecified atom stereocenters. The topological polar surface area (TPSA) is 79.4 Å². The second kappa shape index (κ2) is 8.82. The van der Waals surface area contributed by atoms with Gasteiger partial charge < -0.3 is 4.74 Å². The van der Waals surface area contributed by atoms with Crippen molar-refractivity contribution in [2.75, 3.05) is 7.11 Å². The molecule has 26 heavy (non-hydrogen) atoms. The average Bonchev–Trinajstić information content (AvgIpc) is 3.13. The van der Waals surface area contributed by atoms with Crippen molar-refractivity contribution < 1.29 is 9.53 Å². The van der Waals surface area contributed by atoms with Crippen molar-refractivity contribution in [3.8, 4) is 17.0 Å². The number of nitrogens with one attached hydrogen (secondary N) is 2. The van der Waals surface area contributed by atoms with Crippen LogP contribution in [0.5, 0.6) is 5.75 Å². The van der Waals surface area contributed by atoms with E-state index in [1.807, 2.05) is 55.5 Å². The molecule has 0 fully saturated rings. The first-order valence-corrected chi connectivity index (χ1v) is 7.76. The number of hydrogen-bond donors (Lipinski definition) is 2. The van der Waals surface area contributed by atoms with Gasteiger partial charge >= 0.3 is 0 Å². The molecule has 0 aliphatic rings. The van der Waals surface area contributed by atoms with Gasteiger partial charge in [-0.05, 0) is 25.1 Å². The number of carbonyl (C=O) groups is 1. The van der Waals surface area contributed by atoms with Crippen molar-refractivity contribution in [1.82, 2.24) is 15.6 Å². The Morgan fingerprint density at radius 1 is 1.19 bits per heavy atom. The zero-order valence-corrected chi connectivity index (χ0v) is 15.2. The minimum Gasteiger partial charge on any atom is -0.496 e. The summed E-state index contributed by atoms with van der Waals surface area (Å²) in [6.07, 6.45) is 1.54. The number of halogens is 1. The number of benzene rings is 2. The summed E-state index contributed by atoms with van der Waals surface area (Å²) in [4.78, 5) is 12.2. The predicted molar refractivity (Wildman–Crippen MR) is 104 cm³/mol. The Morgan fingerprint density at radius 3 is 2.65 bits per heavy atom. The molecule has 1 heterocycles. The van der Waals surface area contributed by atoms with E-state index in [4.69, 9.17) is 4.74 Å². The number of para-hydroxylation sites is 1. The molecule has 0 aliphatic carbocycles. The summed E-state index contributed by atoms with van der Waals surface area (Å²) < 4.78 is 5.23. The molecule has 0 aliphatic heterocycles. The van der Waals surface area contributed by atoms with Gasteiger partial charge in [0.05, 0.1) is 19.0 Å². The van der Waals surface area contributed by atoms with Gasteiger partial charge in [-0.2, -0.15) is 10.2 Å². The molecule has 0 radical (unpaired) electrons. The van der Waals surface area contributed by atoms with Gasteiger partial charge in [-0.15, -0.1) is 12.4 Å². The number of H-pyrrole nitrogens is 1. The summed E-state index contributed by atoms with van der Waals surface area (Å²) in [6.45, 7) is 2.02. The van der Waals surface area contributed by atoms with Crippen molar-refractivity contribution in [2.24, 2.45) is 5.10 Å². The monoisotopic (exact) mass is 370 g/mol. The lowest BCUT2D eigenvalue weighted by Crippen LogP contribution is -2.18. The average molecular weight is 371 g/mol. The predicted octanol–water partition coefficient (Wildman–Crippen LogP) is 3.58. The number of rotatable bonds is 5. The van der Waals surface area contributed by atoms with Gasteiger partial charge in [0.1, 0.15) is 11.4 Å². The van der Waals surface area contributed by atoms with Crippen LogP contribution >= 0.6 is 12.4 Å². The lowest BCUT2D eigenvalue weighted by atomic mass is 10.1. The van der Waals surface area contributed by atoms with Gasteiger partial charge in [0.15, 0.2) is 0 Å². The lowest BCUT2D eigenvalue weighted by molar-refractivity contribution is 0.0950. The van der Waals surface area contributed by atoms with Crippen LogP contribution < -0.4 is 10.2 Å². The fourth-order valence-electron chi connectivity index (χ4n) is 2.30. The quantitative estimate of drug-likeness (QED) is 0.532. The van der Waals surface area contributed by atoms with E-state index in [0.29, 0.717) is 17.1 Å². The smallest absolute Gasteiger partial charge is 0.289 e. The van der Waals surface area contributed by atoms with Crippen LogP contribution in [0.25, 0.3) is 11.3 Å². The summed E-state index contributed by atoms with van der Waals surface area (Å²) in [5, 5.41) is 10.9. The van der Waals surface area contributed by atoms with Crippen LogP contribution in [0, 0.1) is 6.92 Å². The Hall–Kier alpha value is -3.12. The molecule has 3 aromatic rings. The molecule has 3 rings (SSSR count). The molecular formula is C19H19ClN4O2. The highest BCUT2D eigenvalue weighted by atomic mass is 35.5. The van der Waals surface area contributed by atoms with E-state index in [2.05, 4.69) is 20.7 Å². The maximum absolute atomic E-state index is 12.2. The van der Waals surface area contributed by atoms with Crippen LogP contribution in [0.4, 0.5) is 0 Å². The van der Waals surface area contributed by atoms with E-state index in [1.54, 1.807) is 13.2 Å². The highest BCUT2D eigenvalue weighted by Crippen LogP contribution is 2.18. The summed E-state index contributed by atoms with van der Waals surface area (Å²) in [6, 6.07) is 17.0. The fraction of sp³-hybridized carbons (Fsp3) is 0.105. The minimum absolute atomic E-state index is 0. The van der Waals surface area contributed by atoms with Crippen molar-refractivity contribution >= 4 is 24.5 Å². The van der Waals surface area contributed by atoms with Crippen molar-refractivity contribution in [2.45, 2.75) is 6.92 Å². The number of ether oxygens (including phenoxy) is 1. The molecule has 134 valence electrons. The summed E-state index contributed by atoms with van der Waals surface area (Å²) >= 11 is 0. The first-order chi connectivity index (χ1) is 12.2. The van der Waals surface area contributed by atoms with Crippen LogP contribution in [0.15, 0.2) is 59.7 Å². The van der Waals surface area contributed by atoms with Gasteiger partial charge in [-0.25, -0.2) is 5.43 Å². The first kappa shape index (κ1) is 19.2. The van der Waals surface area contributed by atoms with Crippen LogP contribution in [0.1, 0.15) is 21.6 Å². The molecule has 2 N–H and O–H groups in total. The highest BCUT2D eigenvalue weighted by Gasteiger charge is 2.10. The number of carbonyl (C=O) groups excluding carboxylic acids is 1. The normalized spacial score (nSPS) is 10.4. The van der Waals surface area contributed by atoms with E-state index in [1.165, 1.54) is 11.8 Å². The molecule has 0 atom stereocenters. The number of aromatic amines is 1. The molecule has 1 aromatic heterocycles. The first-order valence-electron chi connectivity index (χ1n) is 7.76. The third-order valence-corrected chi connectivity index (χ3v) is 3.68. The summed E-state index contributed by atoms with van der Waals surface area (Å²) in [7, 11) is 1.59. The van der Waals surface area contributed by atoms with Gasteiger partial charge in [-0.3, -0.25) is 9.89 Å². The van der Waals surface area contributed by atoms with Gasteiger partial charge in [0.2, 0.25) is 0 Å². The van der Waals surface area contributed by atoms with Gasteiger partial charge in [0, 0.05) is 11.1 Å². The zero-order chi connectivity index (χ0) is 17.6. The van der Waals surface area contributed by atoms with E-state index in [9.17, 15) is 4.79 Å². The third-order valence-electron chi connectivity index (χ3n) is 3.68. The molecule has 1 amide bonds. The Balaban J connectivity index is 0.00000243. The maximum atomic E-state index is 12.2. The molecule has 0 bridgehead atoms. The van der Waals surface area contributed by atoms with E-state index >= 15 is 0 Å². The molecular weight excluding hydrogens is 352 g/mol. The Bertz CT molecular complexity index is 904. The Labute approximate surface area is 157 Å². The second-order valence-electron chi connectivity index (χ2n) is 5.47. The summed E-state index contributed by atoms with van der Waals surface area (Å²) in [5.41, 5.74) is 6.41. The van der Waals surface area contributed by atoms with Crippen LogP contribution in [0.2, 0.25) is 0 Å². The Kier molecular flexibility index (Phi) is 6.52. The number of aryl methyl sites for hydroxylation is 1. The van der Waals surface area contributed by atoms with E-state index in [-0.39, 0.29) is 18.3 Å². The standard InChI is InChI=1S/C19H18N4O2.ClH/c1-13-7-9-14(10-8-13)16-11-17(22-21-16)19(24)23-20-12-15-5-3-4-6-18(15)25-2;/h3-12H,1-2H3,(H,21,22)(H,23,24);1H/b20-12+;. The molecule has 6 nitrogen and oxygen atoms in total. The van der Waals surface area contributed by atoms with Gasteiger partial charge in [0.25, 0.3) is 5.91 Å². The van der Waals surface area contributed by atoms with Crippen LogP contribution in [-0.2, 0) is 0 Å². The van der Waals surface area contributed by atoms with Crippen molar-refractivity contribution in [3.63, 3.8) is 0 Å². The Morgan fingerprint density at radius 2 is 1.92 bits per heavy atom. The molecule has 0 saturated heterocycles. The second-order valence-corrected chi connectivity index (χ2v) is 5.47. The maximum Gasteiger partial charge on any atom is 0.289 e. The number of aromatic nitrogens is 2. The van der Waals surface area contributed by atoms with Crippen LogP contribution in [0.3, 0.4) is 0 Å². The number of hydrogen-bond acceptors (Lipinski definition) is 4. The number of nitrogens with zero attached hydrogens (tertiary/aromatic N) is 2.